The zero-order chi connectivity index (χ0) is 18.4. The Bertz CT molecular complexity index is 906. The van der Waals surface area contributed by atoms with Gasteiger partial charge in [0.25, 0.3) is 0 Å². The predicted molar refractivity (Wildman–Crippen MR) is 92.5 cm³/mol. The monoisotopic (exact) mass is 347 g/mol. The Morgan fingerprint density at radius 2 is 1.76 bits per heavy atom. The van der Waals surface area contributed by atoms with Crippen molar-refractivity contribution >= 4 is 11.0 Å². The van der Waals surface area contributed by atoms with E-state index in [4.69, 9.17) is 0 Å². The molecule has 0 saturated heterocycles. The molecule has 2 aromatic heterocycles. The molecule has 0 spiro atoms. The first-order valence-corrected chi connectivity index (χ1v) is 8.28. The van der Waals surface area contributed by atoms with Gasteiger partial charge in [0.15, 0.2) is 5.65 Å². The number of alkyl halides is 3. The second-order valence-electron chi connectivity index (χ2n) is 6.43. The molecule has 3 aromatic rings. The molecule has 6 heteroatoms. The van der Waals surface area contributed by atoms with Gasteiger partial charge in [0.1, 0.15) is 0 Å². The predicted octanol–water partition coefficient (Wildman–Crippen LogP) is 5.57. The number of aryl methyl sites for hydroxylation is 2. The van der Waals surface area contributed by atoms with E-state index in [2.05, 4.69) is 10.1 Å². The molecule has 0 aliphatic rings. The summed E-state index contributed by atoms with van der Waals surface area (Å²) in [4.78, 5) is 4.52. The normalized spacial score (nSPS) is 12.3. The highest BCUT2D eigenvalue weighted by Crippen LogP contribution is 2.38. The summed E-state index contributed by atoms with van der Waals surface area (Å²) in [7, 11) is 0. The van der Waals surface area contributed by atoms with Gasteiger partial charge >= 0.3 is 6.18 Å². The first-order valence-electron chi connectivity index (χ1n) is 8.28. The fourth-order valence-electron chi connectivity index (χ4n) is 2.96. The summed E-state index contributed by atoms with van der Waals surface area (Å²) in [5.74, 6) is 0. The third kappa shape index (κ3) is 3.13. The van der Waals surface area contributed by atoms with E-state index in [9.17, 15) is 13.2 Å². The summed E-state index contributed by atoms with van der Waals surface area (Å²) in [6, 6.07) is 8.51. The van der Waals surface area contributed by atoms with Crippen LogP contribution in [-0.2, 0) is 12.6 Å². The third-order valence-corrected chi connectivity index (χ3v) is 4.29. The van der Waals surface area contributed by atoms with E-state index in [0.29, 0.717) is 17.0 Å². The third-order valence-electron chi connectivity index (χ3n) is 4.29. The SMILES string of the molecule is CCc1ccc(-c2cc(C(F)(F)F)c3c(C)nn(C(C)C)c3n2)cc1. The van der Waals surface area contributed by atoms with Crippen molar-refractivity contribution in [2.75, 3.05) is 0 Å². The van der Waals surface area contributed by atoms with E-state index < -0.39 is 11.7 Å². The minimum atomic E-state index is -4.46. The molecule has 0 aliphatic carbocycles. The van der Waals surface area contributed by atoms with Gasteiger partial charge in [-0.1, -0.05) is 31.2 Å². The van der Waals surface area contributed by atoms with Gasteiger partial charge in [0, 0.05) is 11.6 Å². The topological polar surface area (TPSA) is 30.7 Å². The number of fused-ring (bicyclic) bond motifs is 1. The Morgan fingerprint density at radius 1 is 1.12 bits per heavy atom. The minimum absolute atomic E-state index is 0.0788. The fraction of sp³-hybridized carbons (Fsp3) is 0.368. The maximum atomic E-state index is 13.7. The highest BCUT2D eigenvalue weighted by molar-refractivity contribution is 5.85. The quantitative estimate of drug-likeness (QED) is 0.620. The molecule has 132 valence electrons. The zero-order valence-electron chi connectivity index (χ0n) is 14.6. The molecule has 0 atom stereocenters. The molecular formula is C19H20F3N3. The van der Waals surface area contributed by atoms with Crippen molar-refractivity contribution in [3.63, 3.8) is 0 Å². The highest BCUT2D eigenvalue weighted by Gasteiger charge is 2.35. The molecule has 2 heterocycles. The molecular weight excluding hydrogens is 327 g/mol. The average Bonchev–Trinajstić information content (AvgIpc) is 2.90. The van der Waals surface area contributed by atoms with Crippen molar-refractivity contribution in [2.24, 2.45) is 0 Å². The molecule has 3 rings (SSSR count). The second-order valence-corrected chi connectivity index (χ2v) is 6.43. The Kier molecular flexibility index (Phi) is 4.31. The van der Waals surface area contributed by atoms with Crippen molar-refractivity contribution in [1.29, 1.82) is 0 Å². The van der Waals surface area contributed by atoms with Crippen LogP contribution in [0.5, 0.6) is 0 Å². The van der Waals surface area contributed by atoms with Crippen molar-refractivity contribution < 1.29 is 13.2 Å². The van der Waals surface area contributed by atoms with Gasteiger partial charge in [-0.25, -0.2) is 9.67 Å². The van der Waals surface area contributed by atoms with E-state index >= 15 is 0 Å². The van der Waals surface area contributed by atoms with E-state index in [1.165, 1.54) is 0 Å². The summed E-state index contributed by atoms with van der Waals surface area (Å²) in [5, 5.41) is 4.36. The van der Waals surface area contributed by atoms with E-state index in [0.717, 1.165) is 18.1 Å². The van der Waals surface area contributed by atoms with Crippen LogP contribution >= 0.6 is 0 Å². The number of nitrogens with zero attached hydrogens (tertiary/aromatic N) is 3. The summed E-state index contributed by atoms with van der Waals surface area (Å²) < 4.78 is 42.5. The molecule has 1 aromatic carbocycles. The van der Waals surface area contributed by atoms with Gasteiger partial charge in [-0.3, -0.25) is 0 Å². The average molecular weight is 347 g/mol. The number of benzene rings is 1. The van der Waals surface area contributed by atoms with Crippen LogP contribution in [0.4, 0.5) is 13.2 Å². The maximum Gasteiger partial charge on any atom is 0.417 e. The number of aromatic nitrogens is 3. The standard InChI is InChI=1S/C19H20F3N3/c1-5-13-6-8-14(9-7-13)16-10-15(19(20,21)22)17-12(4)24-25(11(2)3)18(17)23-16/h6-11H,5H2,1-4H3. The lowest BCUT2D eigenvalue weighted by Crippen LogP contribution is -2.09. The van der Waals surface area contributed by atoms with Crippen LogP contribution in [0.2, 0.25) is 0 Å². The highest BCUT2D eigenvalue weighted by atomic mass is 19.4. The lowest BCUT2D eigenvalue weighted by atomic mass is 10.0. The van der Waals surface area contributed by atoms with Crippen molar-refractivity contribution in [1.82, 2.24) is 14.8 Å². The number of halogens is 3. The van der Waals surface area contributed by atoms with Crippen LogP contribution in [0.3, 0.4) is 0 Å². The molecule has 3 nitrogen and oxygen atoms in total. The minimum Gasteiger partial charge on any atom is -0.244 e. The van der Waals surface area contributed by atoms with Crippen LogP contribution in [0.25, 0.3) is 22.3 Å². The Balaban J connectivity index is 2.31. The Morgan fingerprint density at radius 3 is 2.28 bits per heavy atom. The van der Waals surface area contributed by atoms with E-state index in [1.54, 1.807) is 11.6 Å². The van der Waals surface area contributed by atoms with Crippen LogP contribution in [0, 0.1) is 6.92 Å². The van der Waals surface area contributed by atoms with Gasteiger partial charge in [0.05, 0.1) is 22.3 Å². The van der Waals surface area contributed by atoms with Gasteiger partial charge in [-0.15, -0.1) is 0 Å². The summed E-state index contributed by atoms with van der Waals surface area (Å²) in [6.07, 6.45) is -3.59. The van der Waals surface area contributed by atoms with Gasteiger partial charge < -0.3 is 0 Å². The number of hydrogen-bond donors (Lipinski definition) is 0. The Hall–Kier alpha value is -2.37. The molecule has 0 bridgehead atoms. The molecule has 25 heavy (non-hydrogen) atoms. The van der Waals surface area contributed by atoms with Gasteiger partial charge in [0.2, 0.25) is 0 Å². The van der Waals surface area contributed by atoms with Crippen molar-refractivity contribution in [2.45, 2.75) is 46.3 Å². The summed E-state index contributed by atoms with van der Waals surface area (Å²) >= 11 is 0. The van der Waals surface area contributed by atoms with Crippen LogP contribution < -0.4 is 0 Å². The van der Waals surface area contributed by atoms with Crippen LogP contribution in [-0.4, -0.2) is 14.8 Å². The fourth-order valence-corrected chi connectivity index (χ4v) is 2.96. The molecule has 0 fully saturated rings. The molecule has 0 unspecified atom stereocenters. The second kappa shape index (κ2) is 6.17. The van der Waals surface area contributed by atoms with E-state index in [1.807, 2.05) is 45.0 Å². The van der Waals surface area contributed by atoms with Crippen LogP contribution in [0.15, 0.2) is 30.3 Å². The first kappa shape index (κ1) is 17.5. The largest absolute Gasteiger partial charge is 0.417 e. The van der Waals surface area contributed by atoms with Crippen molar-refractivity contribution in [3.05, 3.63) is 47.2 Å². The number of rotatable bonds is 3. The molecule has 0 N–H and O–H groups in total. The van der Waals surface area contributed by atoms with Gasteiger partial charge in [-0.05, 0) is 38.8 Å². The smallest absolute Gasteiger partial charge is 0.244 e. The van der Waals surface area contributed by atoms with Gasteiger partial charge in [-0.2, -0.15) is 18.3 Å². The summed E-state index contributed by atoms with van der Waals surface area (Å²) in [5.41, 5.74) is 2.04. The lowest BCUT2D eigenvalue weighted by molar-refractivity contribution is -0.136. The number of pyridine rings is 1. The summed E-state index contributed by atoms with van der Waals surface area (Å²) in [6.45, 7) is 7.38. The van der Waals surface area contributed by atoms with Crippen molar-refractivity contribution in [3.8, 4) is 11.3 Å². The molecule has 0 radical (unpaired) electrons. The van der Waals surface area contributed by atoms with E-state index in [-0.39, 0.29) is 17.1 Å². The lowest BCUT2D eigenvalue weighted by Gasteiger charge is -2.13. The maximum absolute atomic E-state index is 13.7. The molecule has 0 saturated carbocycles. The van der Waals surface area contributed by atoms with Crippen LogP contribution in [0.1, 0.15) is 43.6 Å². The molecule has 0 aliphatic heterocycles. The first-order chi connectivity index (χ1) is 11.7. The Labute approximate surface area is 144 Å². The molecule has 0 amide bonds. The zero-order valence-corrected chi connectivity index (χ0v) is 14.6. The number of hydrogen-bond acceptors (Lipinski definition) is 2.